The first-order chi connectivity index (χ1) is 11.0. The molecule has 6 nitrogen and oxygen atoms in total. The Kier molecular flexibility index (Phi) is 4.43. The normalized spacial score (nSPS) is 23.4. The second kappa shape index (κ2) is 6.35. The molecule has 1 spiro atoms. The van der Waals surface area contributed by atoms with E-state index in [1.165, 1.54) is 12.5 Å². The molecule has 2 saturated heterocycles. The molecule has 0 aromatic carbocycles. The quantitative estimate of drug-likeness (QED) is 0.919. The van der Waals surface area contributed by atoms with Crippen molar-refractivity contribution in [1.82, 2.24) is 10.2 Å². The summed E-state index contributed by atoms with van der Waals surface area (Å²) >= 11 is 0. The monoisotopic (exact) mass is 320 g/mol. The van der Waals surface area contributed by atoms with Crippen LogP contribution in [0.15, 0.2) is 23.0 Å². The molecular formula is C17H24N2O4. The molecule has 0 aliphatic carbocycles. The number of rotatable bonds is 3. The smallest absolute Gasteiger partial charge is 0.257 e. The van der Waals surface area contributed by atoms with E-state index in [-0.39, 0.29) is 29.2 Å². The van der Waals surface area contributed by atoms with Crippen molar-refractivity contribution in [1.29, 1.82) is 0 Å². The molecule has 0 bridgehead atoms. The molecule has 1 aromatic rings. The zero-order valence-electron chi connectivity index (χ0n) is 13.7. The van der Waals surface area contributed by atoms with Gasteiger partial charge in [-0.2, -0.15) is 0 Å². The Bertz CT molecular complexity index is 561. The van der Waals surface area contributed by atoms with Gasteiger partial charge in [0.15, 0.2) is 0 Å². The molecule has 2 aliphatic rings. The van der Waals surface area contributed by atoms with Crippen molar-refractivity contribution in [3.63, 3.8) is 0 Å². The SMILES string of the molecule is CC(C)NC(=O)C1CN(C(=O)c2ccoc2)CC12CCOCC2. The number of hydrogen-bond donors (Lipinski definition) is 1. The molecule has 1 unspecified atom stereocenters. The first-order valence-corrected chi connectivity index (χ1v) is 8.21. The summed E-state index contributed by atoms with van der Waals surface area (Å²) < 4.78 is 10.5. The molecule has 1 atom stereocenters. The summed E-state index contributed by atoms with van der Waals surface area (Å²) in [5.41, 5.74) is 0.369. The van der Waals surface area contributed by atoms with Crippen LogP contribution in [0.4, 0.5) is 0 Å². The Balaban J connectivity index is 1.81. The van der Waals surface area contributed by atoms with E-state index in [1.807, 2.05) is 13.8 Å². The molecule has 126 valence electrons. The molecule has 2 aliphatic heterocycles. The van der Waals surface area contributed by atoms with Gasteiger partial charge in [0, 0.05) is 37.8 Å². The van der Waals surface area contributed by atoms with Crippen LogP contribution in [0, 0.1) is 11.3 Å². The Morgan fingerprint density at radius 1 is 1.35 bits per heavy atom. The number of ether oxygens (including phenoxy) is 1. The zero-order chi connectivity index (χ0) is 16.4. The van der Waals surface area contributed by atoms with E-state index >= 15 is 0 Å². The topological polar surface area (TPSA) is 71.8 Å². The van der Waals surface area contributed by atoms with Gasteiger partial charge >= 0.3 is 0 Å². The predicted molar refractivity (Wildman–Crippen MR) is 83.9 cm³/mol. The summed E-state index contributed by atoms with van der Waals surface area (Å²) in [5, 5.41) is 3.01. The molecule has 3 heterocycles. The standard InChI is InChI=1S/C17H24N2O4/c1-12(2)18-15(20)14-9-19(16(21)13-3-6-23-10-13)11-17(14)4-7-22-8-5-17/h3,6,10,12,14H,4-5,7-9,11H2,1-2H3,(H,18,20). The molecule has 1 aromatic heterocycles. The summed E-state index contributed by atoms with van der Waals surface area (Å²) in [6.45, 7) is 6.29. The highest BCUT2D eigenvalue weighted by Crippen LogP contribution is 2.44. The number of amides is 2. The molecule has 23 heavy (non-hydrogen) atoms. The lowest BCUT2D eigenvalue weighted by atomic mass is 9.71. The van der Waals surface area contributed by atoms with Gasteiger partial charge in [0.2, 0.25) is 5.91 Å². The lowest BCUT2D eigenvalue weighted by Crippen LogP contribution is -2.46. The number of carbonyl (C=O) groups excluding carboxylic acids is 2. The fourth-order valence-electron chi connectivity index (χ4n) is 3.72. The van der Waals surface area contributed by atoms with Crippen molar-refractivity contribution < 1.29 is 18.7 Å². The molecule has 1 N–H and O–H groups in total. The second-order valence-corrected chi connectivity index (χ2v) is 6.89. The Morgan fingerprint density at radius 2 is 2.09 bits per heavy atom. The van der Waals surface area contributed by atoms with E-state index in [1.54, 1.807) is 11.0 Å². The van der Waals surface area contributed by atoms with Crippen LogP contribution in [-0.2, 0) is 9.53 Å². The third kappa shape index (κ3) is 3.13. The third-order valence-corrected chi connectivity index (χ3v) is 4.94. The number of nitrogens with zero attached hydrogens (tertiary/aromatic N) is 1. The number of furan rings is 1. The van der Waals surface area contributed by atoms with E-state index in [0.29, 0.717) is 31.9 Å². The van der Waals surface area contributed by atoms with E-state index in [0.717, 1.165) is 12.8 Å². The van der Waals surface area contributed by atoms with E-state index in [4.69, 9.17) is 9.15 Å². The highest BCUT2D eigenvalue weighted by molar-refractivity contribution is 5.95. The van der Waals surface area contributed by atoms with Crippen LogP contribution in [0.1, 0.15) is 37.0 Å². The maximum atomic E-state index is 12.7. The van der Waals surface area contributed by atoms with Crippen molar-refractivity contribution in [3.05, 3.63) is 24.2 Å². The van der Waals surface area contributed by atoms with Crippen molar-refractivity contribution in [2.24, 2.45) is 11.3 Å². The average Bonchev–Trinajstić information content (AvgIpc) is 3.15. The minimum atomic E-state index is -0.176. The van der Waals surface area contributed by atoms with E-state index < -0.39 is 0 Å². The molecule has 0 saturated carbocycles. The lowest BCUT2D eigenvalue weighted by molar-refractivity contribution is -0.130. The summed E-state index contributed by atoms with van der Waals surface area (Å²) in [4.78, 5) is 27.1. The average molecular weight is 320 g/mol. The van der Waals surface area contributed by atoms with Crippen LogP contribution in [0.5, 0.6) is 0 Å². The highest BCUT2D eigenvalue weighted by atomic mass is 16.5. The van der Waals surface area contributed by atoms with Crippen LogP contribution >= 0.6 is 0 Å². The summed E-state index contributed by atoms with van der Waals surface area (Å²) in [5.74, 6) is -0.196. The van der Waals surface area contributed by atoms with E-state index in [9.17, 15) is 9.59 Å². The Labute approximate surface area is 136 Å². The highest BCUT2D eigenvalue weighted by Gasteiger charge is 2.51. The zero-order valence-corrected chi connectivity index (χ0v) is 13.7. The molecule has 2 amide bonds. The number of hydrogen-bond acceptors (Lipinski definition) is 4. The summed E-state index contributed by atoms with van der Waals surface area (Å²) in [6, 6.07) is 1.76. The molecule has 3 rings (SSSR count). The maximum Gasteiger partial charge on any atom is 0.257 e. The van der Waals surface area contributed by atoms with Gasteiger partial charge in [-0.1, -0.05) is 0 Å². The third-order valence-electron chi connectivity index (χ3n) is 4.94. The number of likely N-dealkylation sites (tertiary alicyclic amines) is 1. The summed E-state index contributed by atoms with van der Waals surface area (Å²) in [6.07, 6.45) is 4.59. The van der Waals surface area contributed by atoms with Gasteiger partial charge in [0.05, 0.1) is 17.7 Å². The molecule has 0 radical (unpaired) electrons. The van der Waals surface area contributed by atoms with Crippen LogP contribution in [0.3, 0.4) is 0 Å². The maximum absolute atomic E-state index is 12.7. The first-order valence-electron chi connectivity index (χ1n) is 8.21. The lowest BCUT2D eigenvalue weighted by Gasteiger charge is -2.37. The first kappa shape index (κ1) is 16.1. The van der Waals surface area contributed by atoms with E-state index in [2.05, 4.69) is 5.32 Å². The largest absolute Gasteiger partial charge is 0.472 e. The van der Waals surface area contributed by atoms with Gasteiger partial charge in [-0.05, 0) is 32.8 Å². The number of nitrogens with one attached hydrogen (secondary N) is 1. The fourth-order valence-corrected chi connectivity index (χ4v) is 3.72. The molecular weight excluding hydrogens is 296 g/mol. The Morgan fingerprint density at radius 3 is 2.70 bits per heavy atom. The van der Waals surface area contributed by atoms with Crippen LogP contribution in [-0.4, -0.2) is 49.1 Å². The summed E-state index contributed by atoms with van der Waals surface area (Å²) in [7, 11) is 0. The predicted octanol–water partition coefficient (Wildman–Crippen LogP) is 1.67. The van der Waals surface area contributed by atoms with Gasteiger partial charge in [-0.25, -0.2) is 0 Å². The molecule has 2 fully saturated rings. The minimum absolute atomic E-state index is 0.0457. The molecule has 6 heteroatoms. The van der Waals surface area contributed by atoms with Gasteiger partial charge in [0.1, 0.15) is 6.26 Å². The van der Waals surface area contributed by atoms with Gasteiger partial charge in [0.25, 0.3) is 5.91 Å². The van der Waals surface area contributed by atoms with Crippen molar-refractivity contribution in [2.45, 2.75) is 32.7 Å². The minimum Gasteiger partial charge on any atom is -0.472 e. The van der Waals surface area contributed by atoms with Gasteiger partial charge < -0.3 is 19.4 Å². The van der Waals surface area contributed by atoms with Gasteiger partial charge in [-0.3, -0.25) is 9.59 Å². The Hall–Kier alpha value is -1.82. The van der Waals surface area contributed by atoms with Crippen LogP contribution in [0.25, 0.3) is 0 Å². The number of carbonyl (C=O) groups is 2. The van der Waals surface area contributed by atoms with Crippen LogP contribution in [0.2, 0.25) is 0 Å². The van der Waals surface area contributed by atoms with Crippen molar-refractivity contribution >= 4 is 11.8 Å². The fraction of sp³-hybridized carbons (Fsp3) is 0.647. The van der Waals surface area contributed by atoms with Crippen molar-refractivity contribution in [3.8, 4) is 0 Å². The van der Waals surface area contributed by atoms with Gasteiger partial charge in [-0.15, -0.1) is 0 Å². The van der Waals surface area contributed by atoms with Crippen molar-refractivity contribution in [2.75, 3.05) is 26.3 Å². The van der Waals surface area contributed by atoms with Crippen LogP contribution < -0.4 is 5.32 Å². The second-order valence-electron chi connectivity index (χ2n) is 6.89.